The molecule has 1 atom stereocenters. The molecule has 0 saturated heterocycles. The van der Waals surface area contributed by atoms with Gasteiger partial charge in [0.2, 0.25) is 0 Å². The van der Waals surface area contributed by atoms with E-state index in [1.165, 1.54) is 0 Å². The second kappa shape index (κ2) is 6.03. The van der Waals surface area contributed by atoms with E-state index in [0.29, 0.717) is 5.56 Å². The number of hydrogen-bond donors (Lipinski definition) is 2. The maximum atomic E-state index is 11.7. The Hall–Kier alpha value is -1.84. The highest BCUT2D eigenvalue weighted by molar-refractivity contribution is 5.94. The number of carbonyl (C=O) groups is 2. The van der Waals surface area contributed by atoms with Crippen LogP contribution in [0.15, 0.2) is 30.3 Å². The van der Waals surface area contributed by atoms with E-state index in [-0.39, 0.29) is 18.4 Å². The zero-order valence-corrected chi connectivity index (χ0v) is 10.0. The lowest BCUT2D eigenvalue weighted by Crippen LogP contribution is -2.35. The summed E-state index contributed by atoms with van der Waals surface area (Å²) in [6, 6.07) is 8.75. The fourth-order valence-corrected chi connectivity index (χ4v) is 1.50. The number of benzene rings is 1. The van der Waals surface area contributed by atoms with Crippen LogP contribution in [0.5, 0.6) is 0 Å². The van der Waals surface area contributed by atoms with E-state index in [9.17, 15) is 9.59 Å². The number of carboxylic acid groups (broad SMARTS) is 1. The molecule has 0 fully saturated rings. The third-order valence-electron chi connectivity index (χ3n) is 2.64. The van der Waals surface area contributed by atoms with Gasteiger partial charge in [0.25, 0.3) is 5.91 Å². The lowest BCUT2D eigenvalue weighted by molar-refractivity contribution is -0.142. The summed E-state index contributed by atoms with van der Waals surface area (Å²) in [6.07, 6.45) is 0. The molecule has 0 bridgehead atoms. The van der Waals surface area contributed by atoms with Crippen LogP contribution in [0, 0.1) is 11.8 Å². The Kier molecular flexibility index (Phi) is 4.69. The topological polar surface area (TPSA) is 66.4 Å². The van der Waals surface area contributed by atoms with E-state index in [0.717, 1.165) is 0 Å². The highest BCUT2D eigenvalue weighted by Crippen LogP contribution is 2.10. The molecule has 1 aromatic carbocycles. The summed E-state index contributed by atoms with van der Waals surface area (Å²) in [7, 11) is 0. The summed E-state index contributed by atoms with van der Waals surface area (Å²) < 4.78 is 0. The van der Waals surface area contributed by atoms with E-state index < -0.39 is 11.9 Å². The number of aliphatic carboxylic acids is 1. The van der Waals surface area contributed by atoms with E-state index in [1.54, 1.807) is 24.3 Å². The standard InChI is InChI=1S/C13H17NO3/c1-9(2)11(13(16)17)8-14-12(15)10-6-4-3-5-7-10/h3-7,9,11H,8H2,1-2H3,(H,14,15)(H,16,17). The molecule has 0 aromatic heterocycles. The van der Waals surface area contributed by atoms with E-state index >= 15 is 0 Å². The Morgan fingerprint density at radius 2 is 1.82 bits per heavy atom. The average Bonchev–Trinajstić information content (AvgIpc) is 2.29. The first-order chi connectivity index (χ1) is 8.02. The number of carbonyl (C=O) groups excluding carboxylic acids is 1. The first-order valence-electron chi connectivity index (χ1n) is 5.58. The summed E-state index contributed by atoms with van der Waals surface area (Å²) in [5, 5.41) is 11.6. The molecule has 1 rings (SSSR count). The van der Waals surface area contributed by atoms with Gasteiger partial charge in [-0.1, -0.05) is 32.0 Å². The minimum atomic E-state index is -0.881. The molecule has 2 N–H and O–H groups in total. The molecule has 1 aromatic rings. The van der Waals surface area contributed by atoms with Gasteiger partial charge in [-0.2, -0.15) is 0 Å². The third kappa shape index (κ3) is 3.90. The summed E-state index contributed by atoms with van der Waals surface area (Å²) in [5.74, 6) is -1.68. The molecule has 92 valence electrons. The van der Waals surface area contributed by atoms with Crippen LogP contribution in [0.4, 0.5) is 0 Å². The van der Waals surface area contributed by atoms with Gasteiger partial charge in [-0.05, 0) is 18.1 Å². The SMILES string of the molecule is CC(C)C(CNC(=O)c1ccccc1)C(=O)O. The van der Waals surface area contributed by atoms with Gasteiger partial charge in [0.15, 0.2) is 0 Å². The molecule has 0 aliphatic heterocycles. The maximum absolute atomic E-state index is 11.7. The molecule has 4 nitrogen and oxygen atoms in total. The van der Waals surface area contributed by atoms with Crippen molar-refractivity contribution in [2.45, 2.75) is 13.8 Å². The molecular weight excluding hydrogens is 218 g/mol. The Morgan fingerprint density at radius 1 is 1.24 bits per heavy atom. The van der Waals surface area contributed by atoms with Crippen molar-refractivity contribution < 1.29 is 14.7 Å². The first-order valence-corrected chi connectivity index (χ1v) is 5.58. The van der Waals surface area contributed by atoms with E-state index in [2.05, 4.69) is 5.32 Å². The molecule has 0 heterocycles. The predicted molar refractivity (Wildman–Crippen MR) is 64.7 cm³/mol. The Bertz CT molecular complexity index is 387. The van der Waals surface area contributed by atoms with Gasteiger partial charge in [0.1, 0.15) is 0 Å². The van der Waals surface area contributed by atoms with Crippen molar-refractivity contribution in [3.63, 3.8) is 0 Å². The van der Waals surface area contributed by atoms with Crippen LogP contribution in [-0.4, -0.2) is 23.5 Å². The van der Waals surface area contributed by atoms with Gasteiger partial charge >= 0.3 is 5.97 Å². The highest BCUT2D eigenvalue weighted by atomic mass is 16.4. The minimum Gasteiger partial charge on any atom is -0.481 e. The molecule has 0 saturated carbocycles. The van der Waals surface area contributed by atoms with Gasteiger partial charge in [0, 0.05) is 12.1 Å². The van der Waals surface area contributed by atoms with Crippen LogP contribution in [0.3, 0.4) is 0 Å². The zero-order valence-electron chi connectivity index (χ0n) is 10.0. The van der Waals surface area contributed by atoms with Gasteiger partial charge in [-0.25, -0.2) is 0 Å². The molecule has 0 spiro atoms. The summed E-state index contributed by atoms with van der Waals surface area (Å²) in [5.41, 5.74) is 0.542. The number of rotatable bonds is 5. The first kappa shape index (κ1) is 13.2. The zero-order chi connectivity index (χ0) is 12.8. The van der Waals surface area contributed by atoms with Crippen LogP contribution in [0.1, 0.15) is 24.2 Å². The van der Waals surface area contributed by atoms with Crippen molar-refractivity contribution >= 4 is 11.9 Å². The smallest absolute Gasteiger partial charge is 0.308 e. The van der Waals surface area contributed by atoms with Crippen molar-refractivity contribution in [2.75, 3.05) is 6.54 Å². The fourth-order valence-electron chi connectivity index (χ4n) is 1.50. The molecule has 0 aliphatic carbocycles. The van der Waals surface area contributed by atoms with Gasteiger partial charge < -0.3 is 10.4 Å². The predicted octanol–water partition coefficient (Wildman–Crippen LogP) is 1.77. The lowest BCUT2D eigenvalue weighted by Gasteiger charge is -2.16. The van der Waals surface area contributed by atoms with Gasteiger partial charge in [0.05, 0.1) is 5.92 Å². The van der Waals surface area contributed by atoms with Crippen molar-refractivity contribution in [3.8, 4) is 0 Å². The van der Waals surface area contributed by atoms with Gasteiger partial charge in [-0.3, -0.25) is 9.59 Å². The normalized spacial score (nSPS) is 12.2. The highest BCUT2D eigenvalue weighted by Gasteiger charge is 2.22. The summed E-state index contributed by atoms with van der Waals surface area (Å²) >= 11 is 0. The van der Waals surface area contributed by atoms with Crippen molar-refractivity contribution in [1.82, 2.24) is 5.32 Å². The third-order valence-corrected chi connectivity index (χ3v) is 2.64. The van der Waals surface area contributed by atoms with Crippen molar-refractivity contribution in [1.29, 1.82) is 0 Å². The molecule has 4 heteroatoms. The van der Waals surface area contributed by atoms with E-state index in [1.807, 2.05) is 19.9 Å². The van der Waals surface area contributed by atoms with Crippen LogP contribution in [0.2, 0.25) is 0 Å². The maximum Gasteiger partial charge on any atom is 0.308 e. The number of nitrogens with one attached hydrogen (secondary N) is 1. The molecule has 17 heavy (non-hydrogen) atoms. The summed E-state index contributed by atoms with van der Waals surface area (Å²) in [6.45, 7) is 3.81. The summed E-state index contributed by atoms with van der Waals surface area (Å²) in [4.78, 5) is 22.6. The van der Waals surface area contributed by atoms with Gasteiger partial charge in [-0.15, -0.1) is 0 Å². The number of hydrogen-bond acceptors (Lipinski definition) is 2. The monoisotopic (exact) mass is 235 g/mol. The molecule has 0 radical (unpaired) electrons. The lowest BCUT2D eigenvalue weighted by atomic mass is 9.96. The van der Waals surface area contributed by atoms with E-state index in [4.69, 9.17) is 5.11 Å². The van der Waals surface area contributed by atoms with Crippen LogP contribution >= 0.6 is 0 Å². The quantitative estimate of drug-likeness (QED) is 0.817. The molecule has 1 unspecified atom stereocenters. The Morgan fingerprint density at radius 3 is 2.29 bits per heavy atom. The molecule has 1 amide bonds. The van der Waals surface area contributed by atoms with Crippen LogP contribution in [-0.2, 0) is 4.79 Å². The van der Waals surface area contributed by atoms with Crippen molar-refractivity contribution in [2.24, 2.45) is 11.8 Å². The fraction of sp³-hybridized carbons (Fsp3) is 0.385. The minimum absolute atomic E-state index is 0.0106. The Balaban J connectivity index is 2.56. The van der Waals surface area contributed by atoms with Crippen LogP contribution < -0.4 is 5.32 Å². The second-order valence-corrected chi connectivity index (χ2v) is 4.26. The average molecular weight is 235 g/mol. The number of amides is 1. The second-order valence-electron chi connectivity index (χ2n) is 4.26. The molecular formula is C13H17NO3. The van der Waals surface area contributed by atoms with Crippen LogP contribution in [0.25, 0.3) is 0 Å². The van der Waals surface area contributed by atoms with Crippen molar-refractivity contribution in [3.05, 3.63) is 35.9 Å². The molecule has 0 aliphatic rings. The largest absolute Gasteiger partial charge is 0.481 e. The number of carboxylic acids is 1. The Labute approximate surface area is 101 Å².